The number of amides is 2. The van der Waals surface area contributed by atoms with Gasteiger partial charge in [0.25, 0.3) is 0 Å². The average molecular weight is 407 g/mol. The number of anilines is 1. The number of carbonyl (C=O) groups is 2. The first kappa shape index (κ1) is 19.8. The highest BCUT2D eigenvalue weighted by molar-refractivity contribution is 7.98. The SMILES string of the molecule is CCCN(CCC)C(=O)C(=O)Nc1c2c(nn1-c1ccc(Cl)cc1)CSC2. The van der Waals surface area contributed by atoms with Crippen molar-refractivity contribution >= 4 is 41.0 Å². The van der Waals surface area contributed by atoms with Gasteiger partial charge in [-0.2, -0.15) is 16.9 Å². The van der Waals surface area contributed by atoms with Gasteiger partial charge in [0.15, 0.2) is 0 Å². The topological polar surface area (TPSA) is 67.2 Å². The molecule has 0 bridgehead atoms. The van der Waals surface area contributed by atoms with Crippen molar-refractivity contribution in [3.63, 3.8) is 0 Å². The van der Waals surface area contributed by atoms with Gasteiger partial charge in [0.1, 0.15) is 5.82 Å². The van der Waals surface area contributed by atoms with Gasteiger partial charge in [0.05, 0.1) is 11.4 Å². The van der Waals surface area contributed by atoms with Gasteiger partial charge in [-0.25, -0.2) is 4.68 Å². The molecule has 1 aliphatic rings. The number of carbonyl (C=O) groups excluding carboxylic acids is 2. The Balaban J connectivity index is 1.88. The molecule has 0 aliphatic carbocycles. The summed E-state index contributed by atoms with van der Waals surface area (Å²) in [5.74, 6) is 1.02. The monoisotopic (exact) mass is 406 g/mol. The van der Waals surface area contributed by atoms with E-state index in [0.717, 1.165) is 41.3 Å². The van der Waals surface area contributed by atoms with Crippen molar-refractivity contribution in [3.05, 3.63) is 40.5 Å². The lowest BCUT2D eigenvalue weighted by Gasteiger charge is -2.21. The van der Waals surface area contributed by atoms with Crippen LogP contribution < -0.4 is 5.32 Å². The highest BCUT2D eigenvalue weighted by atomic mass is 35.5. The van der Waals surface area contributed by atoms with Crippen molar-refractivity contribution in [2.45, 2.75) is 38.2 Å². The standard InChI is InChI=1S/C19H23ClN4O2S/c1-3-9-23(10-4-2)19(26)18(25)21-17-15-11-27-12-16(15)22-24(17)14-7-5-13(20)6-8-14/h5-8H,3-4,9-12H2,1-2H3,(H,21,25). The number of rotatable bonds is 6. The van der Waals surface area contributed by atoms with Crippen molar-refractivity contribution in [1.29, 1.82) is 0 Å². The lowest BCUT2D eigenvalue weighted by molar-refractivity contribution is -0.143. The number of benzene rings is 1. The first-order chi connectivity index (χ1) is 13.0. The molecule has 2 aromatic rings. The zero-order valence-corrected chi connectivity index (χ0v) is 17.1. The van der Waals surface area contributed by atoms with E-state index >= 15 is 0 Å². The van der Waals surface area contributed by atoms with Gasteiger partial charge < -0.3 is 10.2 Å². The third kappa shape index (κ3) is 4.30. The molecule has 2 amide bonds. The maximum atomic E-state index is 12.7. The number of fused-ring (bicyclic) bond motifs is 1. The zero-order valence-electron chi connectivity index (χ0n) is 15.5. The Morgan fingerprint density at radius 1 is 1.19 bits per heavy atom. The fraction of sp³-hybridized carbons (Fsp3) is 0.421. The van der Waals surface area contributed by atoms with E-state index in [2.05, 4.69) is 10.4 Å². The van der Waals surface area contributed by atoms with Gasteiger partial charge in [-0.3, -0.25) is 9.59 Å². The first-order valence-corrected chi connectivity index (χ1v) is 10.6. The second-order valence-electron chi connectivity index (χ2n) is 6.40. The summed E-state index contributed by atoms with van der Waals surface area (Å²) in [5.41, 5.74) is 2.71. The van der Waals surface area contributed by atoms with Crippen LogP contribution in [-0.4, -0.2) is 39.6 Å². The first-order valence-electron chi connectivity index (χ1n) is 9.09. The molecule has 0 unspecified atom stereocenters. The molecule has 0 spiro atoms. The summed E-state index contributed by atoms with van der Waals surface area (Å²) in [5, 5.41) is 8.09. The summed E-state index contributed by atoms with van der Waals surface area (Å²) in [7, 11) is 0. The third-order valence-electron chi connectivity index (χ3n) is 4.32. The van der Waals surface area contributed by atoms with E-state index < -0.39 is 11.8 Å². The molecule has 0 saturated heterocycles. The Kier molecular flexibility index (Phi) is 6.44. The van der Waals surface area contributed by atoms with Crippen molar-refractivity contribution in [2.24, 2.45) is 0 Å². The van der Waals surface area contributed by atoms with Gasteiger partial charge in [-0.15, -0.1) is 0 Å². The predicted octanol–water partition coefficient (Wildman–Crippen LogP) is 3.86. The van der Waals surface area contributed by atoms with E-state index in [4.69, 9.17) is 11.6 Å². The van der Waals surface area contributed by atoms with Crippen LogP contribution >= 0.6 is 23.4 Å². The summed E-state index contributed by atoms with van der Waals surface area (Å²) in [6.07, 6.45) is 1.63. The summed E-state index contributed by atoms with van der Waals surface area (Å²) in [6.45, 7) is 5.14. The Morgan fingerprint density at radius 2 is 1.85 bits per heavy atom. The van der Waals surface area contributed by atoms with Crippen molar-refractivity contribution in [3.8, 4) is 5.69 Å². The van der Waals surface area contributed by atoms with Crippen LogP contribution in [-0.2, 0) is 21.1 Å². The minimum absolute atomic E-state index is 0.498. The molecule has 27 heavy (non-hydrogen) atoms. The predicted molar refractivity (Wildman–Crippen MR) is 109 cm³/mol. The Hall–Kier alpha value is -1.99. The second kappa shape index (κ2) is 8.80. The van der Waals surface area contributed by atoms with Gasteiger partial charge >= 0.3 is 11.8 Å². The summed E-state index contributed by atoms with van der Waals surface area (Å²) >= 11 is 7.73. The van der Waals surface area contributed by atoms with Crippen LogP contribution in [0.2, 0.25) is 5.02 Å². The molecule has 0 fully saturated rings. The van der Waals surface area contributed by atoms with Gasteiger partial charge in [0, 0.05) is 35.2 Å². The molecule has 3 rings (SSSR count). The van der Waals surface area contributed by atoms with Crippen LogP contribution in [0.15, 0.2) is 24.3 Å². The molecule has 0 radical (unpaired) electrons. The zero-order chi connectivity index (χ0) is 19.4. The quantitative estimate of drug-likeness (QED) is 0.739. The molecule has 8 heteroatoms. The molecular weight excluding hydrogens is 384 g/mol. The van der Waals surface area contributed by atoms with E-state index in [1.165, 1.54) is 0 Å². The number of hydrogen-bond acceptors (Lipinski definition) is 4. The van der Waals surface area contributed by atoms with Crippen LogP contribution in [0.25, 0.3) is 5.69 Å². The highest BCUT2D eigenvalue weighted by Crippen LogP contribution is 2.36. The molecule has 1 N–H and O–H groups in total. The van der Waals surface area contributed by atoms with E-state index in [-0.39, 0.29) is 0 Å². The summed E-state index contributed by atoms with van der Waals surface area (Å²) in [6, 6.07) is 7.24. The van der Waals surface area contributed by atoms with Crippen molar-refractivity contribution in [2.75, 3.05) is 18.4 Å². The average Bonchev–Trinajstić information content (AvgIpc) is 3.24. The second-order valence-corrected chi connectivity index (χ2v) is 7.82. The summed E-state index contributed by atoms with van der Waals surface area (Å²) < 4.78 is 1.69. The fourth-order valence-corrected chi connectivity index (χ4v) is 4.23. The van der Waals surface area contributed by atoms with Gasteiger partial charge in [-0.1, -0.05) is 25.4 Å². The number of hydrogen-bond donors (Lipinski definition) is 1. The summed E-state index contributed by atoms with van der Waals surface area (Å²) in [4.78, 5) is 26.9. The largest absolute Gasteiger partial charge is 0.334 e. The van der Waals surface area contributed by atoms with Gasteiger partial charge in [0.2, 0.25) is 0 Å². The van der Waals surface area contributed by atoms with Crippen LogP contribution in [0.3, 0.4) is 0 Å². The van der Waals surface area contributed by atoms with E-state index in [1.54, 1.807) is 33.5 Å². The maximum absolute atomic E-state index is 12.7. The molecule has 144 valence electrons. The van der Waals surface area contributed by atoms with Crippen molar-refractivity contribution < 1.29 is 9.59 Å². The minimum Gasteiger partial charge on any atom is -0.334 e. The number of thioether (sulfide) groups is 1. The lowest BCUT2D eigenvalue weighted by Crippen LogP contribution is -2.41. The van der Waals surface area contributed by atoms with Gasteiger partial charge in [-0.05, 0) is 37.1 Å². The molecule has 6 nitrogen and oxygen atoms in total. The van der Waals surface area contributed by atoms with Crippen LogP contribution in [0.4, 0.5) is 5.82 Å². The fourth-order valence-electron chi connectivity index (χ4n) is 3.07. The number of nitrogens with zero attached hydrogens (tertiary/aromatic N) is 3. The van der Waals surface area contributed by atoms with E-state index in [9.17, 15) is 9.59 Å². The number of nitrogens with one attached hydrogen (secondary N) is 1. The smallest absolute Gasteiger partial charge is 0.315 e. The molecule has 2 heterocycles. The van der Waals surface area contributed by atoms with Crippen molar-refractivity contribution in [1.82, 2.24) is 14.7 Å². The number of halogens is 1. The molecule has 1 aliphatic heterocycles. The molecule has 1 aromatic carbocycles. The molecule has 1 aromatic heterocycles. The Labute approximate surface area is 168 Å². The van der Waals surface area contributed by atoms with Crippen LogP contribution in [0.1, 0.15) is 37.9 Å². The molecular formula is C19H23ClN4O2S. The number of aromatic nitrogens is 2. The van der Waals surface area contributed by atoms with Crippen LogP contribution in [0.5, 0.6) is 0 Å². The Morgan fingerprint density at radius 3 is 2.48 bits per heavy atom. The Bertz CT molecular complexity index is 829. The highest BCUT2D eigenvalue weighted by Gasteiger charge is 2.28. The molecule has 0 saturated carbocycles. The van der Waals surface area contributed by atoms with E-state index in [0.29, 0.717) is 23.9 Å². The maximum Gasteiger partial charge on any atom is 0.315 e. The lowest BCUT2D eigenvalue weighted by atomic mass is 10.2. The van der Waals surface area contributed by atoms with E-state index in [1.807, 2.05) is 26.0 Å². The molecule has 0 atom stereocenters. The minimum atomic E-state index is -0.619. The normalized spacial score (nSPS) is 12.7. The van der Waals surface area contributed by atoms with Crippen LogP contribution in [0, 0.1) is 0 Å². The third-order valence-corrected chi connectivity index (χ3v) is 5.55.